The van der Waals surface area contributed by atoms with Crippen LogP contribution in [0.25, 0.3) is 0 Å². The van der Waals surface area contributed by atoms with Crippen molar-refractivity contribution in [3.63, 3.8) is 0 Å². The number of phenolic OH excluding ortho intramolecular Hbond substituents is 1. The third-order valence-corrected chi connectivity index (χ3v) is 4.23. The number of nitrogens with one attached hydrogen (secondary N) is 1. The Morgan fingerprint density at radius 2 is 1.95 bits per heavy atom. The molecule has 0 bridgehead atoms. The summed E-state index contributed by atoms with van der Waals surface area (Å²) in [5.41, 5.74) is 2.61. The Morgan fingerprint density at radius 3 is 2.68 bits per heavy atom. The van der Waals surface area contributed by atoms with Crippen LogP contribution in [-0.2, 0) is 6.54 Å². The van der Waals surface area contributed by atoms with Crippen LogP contribution in [-0.4, -0.2) is 11.1 Å². The largest absolute Gasteiger partial charge is 0.507 e. The highest BCUT2D eigenvalue weighted by atomic mass is 79.9. The first-order valence-electron chi connectivity index (χ1n) is 6.50. The first kappa shape index (κ1) is 12.7. The van der Waals surface area contributed by atoms with Crippen molar-refractivity contribution in [3.05, 3.63) is 64.1 Å². The zero-order valence-corrected chi connectivity index (χ0v) is 12.1. The lowest BCUT2D eigenvalue weighted by atomic mass is 10.1. The van der Waals surface area contributed by atoms with Crippen molar-refractivity contribution in [3.8, 4) is 5.75 Å². The molecule has 0 aromatic heterocycles. The van der Waals surface area contributed by atoms with Crippen molar-refractivity contribution in [2.24, 2.45) is 0 Å². The normalized spacial score (nSPS) is 21.3. The number of hydrogen-bond donors (Lipinski definition) is 2. The monoisotopic (exact) mass is 317 g/mol. The fourth-order valence-electron chi connectivity index (χ4n) is 2.40. The predicted octanol–water partition coefficient (Wildman–Crippen LogP) is 3.80. The van der Waals surface area contributed by atoms with Gasteiger partial charge in [-0.15, -0.1) is 0 Å². The summed E-state index contributed by atoms with van der Waals surface area (Å²) in [4.78, 5) is 0. The second kappa shape index (κ2) is 5.35. The maximum absolute atomic E-state index is 9.46. The molecular formula is C16H16BrNO. The fraction of sp³-hybridized carbons (Fsp3) is 0.250. The van der Waals surface area contributed by atoms with Gasteiger partial charge in [-0.2, -0.15) is 0 Å². The SMILES string of the molecule is Oc1ccc(CNC2CC2c2ccccc2)cc1Br. The summed E-state index contributed by atoms with van der Waals surface area (Å²) in [6, 6.07) is 16.9. The fourth-order valence-corrected chi connectivity index (χ4v) is 2.82. The van der Waals surface area contributed by atoms with Crippen molar-refractivity contribution in [2.75, 3.05) is 0 Å². The van der Waals surface area contributed by atoms with Crippen LogP contribution in [0.2, 0.25) is 0 Å². The van der Waals surface area contributed by atoms with E-state index >= 15 is 0 Å². The average Bonchev–Trinajstić information content (AvgIpc) is 3.21. The van der Waals surface area contributed by atoms with Crippen LogP contribution in [0.1, 0.15) is 23.5 Å². The number of rotatable bonds is 4. The summed E-state index contributed by atoms with van der Waals surface area (Å²) in [7, 11) is 0. The predicted molar refractivity (Wildman–Crippen MR) is 80.2 cm³/mol. The van der Waals surface area contributed by atoms with Crippen molar-refractivity contribution < 1.29 is 5.11 Å². The first-order valence-corrected chi connectivity index (χ1v) is 7.29. The maximum atomic E-state index is 9.46. The van der Waals surface area contributed by atoms with Crippen molar-refractivity contribution in [1.82, 2.24) is 5.32 Å². The number of hydrogen-bond acceptors (Lipinski definition) is 2. The van der Waals surface area contributed by atoms with E-state index in [1.165, 1.54) is 17.5 Å². The van der Waals surface area contributed by atoms with Gasteiger partial charge in [0.2, 0.25) is 0 Å². The standard InChI is InChI=1S/C16H16BrNO/c17-14-8-11(6-7-16(14)19)10-18-15-9-13(15)12-4-2-1-3-5-12/h1-8,13,15,18-19H,9-10H2. The van der Waals surface area contributed by atoms with Crippen LogP contribution in [0.3, 0.4) is 0 Å². The van der Waals surface area contributed by atoms with Gasteiger partial charge in [-0.1, -0.05) is 36.4 Å². The van der Waals surface area contributed by atoms with Gasteiger partial charge in [0, 0.05) is 18.5 Å². The van der Waals surface area contributed by atoms with Gasteiger partial charge < -0.3 is 10.4 Å². The molecule has 1 aliphatic carbocycles. The van der Waals surface area contributed by atoms with E-state index in [1.807, 2.05) is 12.1 Å². The van der Waals surface area contributed by atoms with Crippen molar-refractivity contribution in [1.29, 1.82) is 0 Å². The second-order valence-corrected chi connectivity index (χ2v) is 5.88. The lowest BCUT2D eigenvalue weighted by Crippen LogP contribution is -2.17. The Labute approximate surface area is 121 Å². The summed E-state index contributed by atoms with van der Waals surface area (Å²) in [6.07, 6.45) is 1.21. The number of phenols is 1. The molecule has 0 amide bonds. The van der Waals surface area contributed by atoms with Gasteiger partial charge in [0.1, 0.15) is 5.75 Å². The summed E-state index contributed by atoms with van der Waals surface area (Å²) in [5.74, 6) is 0.944. The summed E-state index contributed by atoms with van der Waals surface area (Å²) in [5, 5.41) is 13.0. The molecule has 3 heteroatoms. The topological polar surface area (TPSA) is 32.3 Å². The molecule has 0 heterocycles. The Hall–Kier alpha value is -1.32. The minimum atomic E-state index is 0.289. The third-order valence-electron chi connectivity index (χ3n) is 3.60. The lowest BCUT2D eigenvalue weighted by Gasteiger charge is -2.06. The molecular weight excluding hydrogens is 302 g/mol. The summed E-state index contributed by atoms with van der Waals surface area (Å²) in [6.45, 7) is 0.840. The van der Waals surface area contributed by atoms with Crippen LogP contribution in [0.4, 0.5) is 0 Å². The summed E-state index contributed by atoms with van der Waals surface area (Å²) < 4.78 is 0.752. The molecule has 0 aliphatic heterocycles. The molecule has 19 heavy (non-hydrogen) atoms. The molecule has 0 radical (unpaired) electrons. The van der Waals surface area contributed by atoms with E-state index in [4.69, 9.17) is 0 Å². The van der Waals surface area contributed by atoms with Gasteiger partial charge in [-0.25, -0.2) is 0 Å². The van der Waals surface area contributed by atoms with E-state index in [1.54, 1.807) is 6.07 Å². The van der Waals surface area contributed by atoms with Crippen molar-refractivity contribution >= 4 is 15.9 Å². The molecule has 1 aliphatic rings. The molecule has 0 saturated heterocycles. The van der Waals surface area contributed by atoms with E-state index in [0.29, 0.717) is 12.0 Å². The molecule has 1 fully saturated rings. The average molecular weight is 318 g/mol. The molecule has 2 atom stereocenters. The van der Waals surface area contributed by atoms with Gasteiger partial charge in [-0.05, 0) is 45.6 Å². The van der Waals surface area contributed by atoms with Crippen LogP contribution in [0, 0.1) is 0 Å². The van der Waals surface area contributed by atoms with E-state index in [-0.39, 0.29) is 5.75 Å². The Kier molecular flexibility index (Phi) is 3.58. The minimum Gasteiger partial charge on any atom is -0.507 e. The highest BCUT2D eigenvalue weighted by molar-refractivity contribution is 9.10. The van der Waals surface area contributed by atoms with E-state index in [0.717, 1.165) is 11.0 Å². The molecule has 2 unspecified atom stereocenters. The van der Waals surface area contributed by atoms with Gasteiger partial charge in [0.25, 0.3) is 0 Å². The quantitative estimate of drug-likeness (QED) is 0.899. The van der Waals surface area contributed by atoms with E-state index < -0.39 is 0 Å². The van der Waals surface area contributed by atoms with Gasteiger partial charge in [0.15, 0.2) is 0 Å². The number of halogens is 1. The van der Waals surface area contributed by atoms with Crippen LogP contribution in [0.15, 0.2) is 53.0 Å². The van der Waals surface area contributed by atoms with Crippen LogP contribution >= 0.6 is 15.9 Å². The van der Waals surface area contributed by atoms with Crippen LogP contribution < -0.4 is 5.32 Å². The molecule has 2 aromatic carbocycles. The zero-order valence-electron chi connectivity index (χ0n) is 10.5. The van der Waals surface area contributed by atoms with Crippen LogP contribution in [0.5, 0.6) is 5.75 Å². The van der Waals surface area contributed by atoms with E-state index in [9.17, 15) is 5.11 Å². The molecule has 2 nitrogen and oxygen atoms in total. The smallest absolute Gasteiger partial charge is 0.129 e. The van der Waals surface area contributed by atoms with Gasteiger partial charge in [0.05, 0.1) is 4.47 Å². The highest BCUT2D eigenvalue weighted by Gasteiger charge is 2.37. The maximum Gasteiger partial charge on any atom is 0.129 e. The number of benzene rings is 2. The number of aromatic hydroxyl groups is 1. The van der Waals surface area contributed by atoms with Gasteiger partial charge >= 0.3 is 0 Å². The Morgan fingerprint density at radius 1 is 1.16 bits per heavy atom. The second-order valence-electron chi connectivity index (χ2n) is 5.03. The Balaban J connectivity index is 1.56. The molecule has 98 valence electrons. The molecule has 3 rings (SSSR count). The molecule has 0 spiro atoms. The third kappa shape index (κ3) is 2.99. The zero-order chi connectivity index (χ0) is 13.2. The first-order chi connectivity index (χ1) is 9.24. The Bertz CT molecular complexity index is 570. The van der Waals surface area contributed by atoms with Crippen molar-refractivity contribution in [2.45, 2.75) is 24.9 Å². The molecule has 2 N–H and O–H groups in total. The molecule has 2 aromatic rings. The lowest BCUT2D eigenvalue weighted by molar-refractivity contribution is 0.471. The molecule has 1 saturated carbocycles. The van der Waals surface area contributed by atoms with E-state index in [2.05, 4.69) is 51.6 Å². The summed E-state index contributed by atoms with van der Waals surface area (Å²) >= 11 is 3.34. The van der Waals surface area contributed by atoms with Gasteiger partial charge in [-0.3, -0.25) is 0 Å². The highest BCUT2D eigenvalue weighted by Crippen LogP contribution is 2.40. The minimum absolute atomic E-state index is 0.289.